The van der Waals surface area contributed by atoms with Gasteiger partial charge in [0.1, 0.15) is 11.5 Å². The van der Waals surface area contributed by atoms with Gasteiger partial charge in [0, 0.05) is 23.6 Å². The summed E-state index contributed by atoms with van der Waals surface area (Å²) < 4.78 is 5.87. The van der Waals surface area contributed by atoms with E-state index < -0.39 is 17.7 Å². The van der Waals surface area contributed by atoms with Crippen molar-refractivity contribution in [3.8, 4) is 5.75 Å². The van der Waals surface area contributed by atoms with Gasteiger partial charge in [0.2, 0.25) is 0 Å². The molecule has 1 aromatic heterocycles. The number of Topliss-reactive ketones (excluding diaryl/α,β-unsaturated/α-hetero) is 1. The Morgan fingerprint density at radius 1 is 1.12 bits per heavy atom. The van der Waals surface area contributed by atoms with Gasteiger partial charge in [-0.1, -0.05) is 18.2 Å². The molecule has 1 unspecified atom stereocenters. The molecule has 1 atom stereocenters. The molecule has 2 aromatic carbocycles. The summed E-state index contributed by atoms with van der Waals surface area (Å²) >= 11 is 3.41. The molecule has 1 fully saturated rings. The predicted octanol–water partition coefficient (Wildman–Crippen LogP) is 5.10. The summed E-state index contributed by atoms with van der Waals surface area (Å²) in [6.07, 6.45) is 3.22. The average molecular weight is 493 g/mol. The quantitative estimate of drug-likeness (QED) is 0.311. The van der Waals surface area contributed by atoms with Gasteiger partial charge in [0.25, 0.3) is 11.7 Å². The van der Waals surface area contributed by atoms with Gasteiger partial charge in [-0.25, -0.2) is 0 Å². The normalized spacial score (nSPS) is 17.6. The van der Waals surface area contributed by atoms with E-state index in [2.05, 4.69) is 20.9 Å². The van der Waals surface area contributed by atoms with Gasteiger partial charge in [-0.05, 0) is 76.8 Å². The first-order valence-corrected chi connectivity index (χ1v) is 10.8. The molecule has 3 aromatic rings. The molecule has 0 bridgehead atoms. The molecule has 1 aliphatic heterocycles. The summed E-state index contributed by atoms with van der Waals surface area (Å²) in [5.74, 6) is -1.11. The number of aliphatic hydroxyl groups excluding tert-OH is 1. The van der Waals surface area contributed by atoms with E-state index in [0.717, 1.165) is 11.1 Å². The zero-order valence-electron chi connectivity index (χ0n) is 17.8. The number of anilines is 1. The Kier molecular flexibility index (Phi) is 5.84. The summed E-state index contributed by atoms with van der Waals surface area (Å²) in [7, 11) is 1.54. The minimum Gasteiger partial charge on any atom is -0.507 e. The fraction of sp³-hybridized carbons (Fsp3) is 0.160. The Morgan fingerprint density at radius 3 is 2.56 bits per heavy atom. The Hall–Kier alpha value is -3.45. The Labute approximate surface area is 194 Å². The van der Waals surface area contributed by atoms with E-state index in [1.165, 1.54) is 12.0 Å². The van der Waals surface area contributed by atoms with Crippen molar-refractivity contribution in [1.82, 2.24) is 4.98 Å². The van der Waals surface area contributed by atoms with Gasteiger partial charge >= 0.3 is 0 Å². The number of aromatic nitrogens is 1. The number of pyridine rings is 1. The van der Waals surface area contributed by atoms with E-state index in [0.29, 0.717) is 27.0 Å². The highest BCUT2D eigenvalue weighted by Gasteiger charge is 2.47. The molecular weight excluding hydrogens is 472 g/mol. The molecule has 0 saturated carbocycles. The number of nitrogens with zero attached hydrogens (tertiary/aromatic N) is 2. The van der Waals surface area contributed by atoms with E-state index in [-0.39, 0.29) is 11.3 Å². The second-order valence-electron chi connectivity index (χ2n) is 7.52. The van der Waals surface area contributed by atoms with Gasteiger partial charge in [0.15, 0.2) is 0 Å². The number of aryl methyl sites for hydroxylation is 1. The van der Waals surface area contributed by atoms with Crippen LogP contribution in [-0.4, -0.2) is 28.9 Å². The lowest BCUT2D eigenvalue weighted by molar-refractivity contribution is -0.132. The average Bonchev–Trinajstić information content (AvgIpc) is 3.06. The Balaban J connectivity index is 1.96. The summed E-state index contributed by atoms with van der Waals surface area (Å²) in [6.45, 7) is 3.86. The molecule has 4 rings (SSSR count). The van der Waals surface area contributed by atoms with Crippen LogP contribution in [0.1, 0.15) is 28.3 Å². The van der Waals surface area contributed by atoms with Crippen LogP contribution in [0.2, 0.25) is 0 Å². The SMILES string of the molecule is COc1ccc(/C(O)=C2\C(=O)C(=O)N(c3cccc(C)c3C)C2c2cccnc2)cc1Br. The molecule has 0 radical (unpaired) electrons. The Bertz CT molecular complexity index is 1250. The van der Waals surface area contributed by atoms with Crippen molar-refractivity contribution in [3.05, 3.63) is 93.2 Å². The predicted molar refractivity (Wildman–Crippen MR) is 126 cm³/mol. The lowest BCUT2D eigenvalue weighted by Gasteiger charge is -2.27. The van der Waals surface area contributed by atoms with Crippen LogP contribution in [0.4, 0.5) is 5.69 Å². The number of hydrogen-bond acceptors (Lipinski definition) is 5. The first-order chi connectivity index (χ1) is 15.3. The molecule has 1 aliphatic rings. The number of rotatable bonds is 4. The minimum atomic E-state index is -0.815. The fourth-order valence-electron chi connectivity index (χ4n) is 3.90. The van der Waals surface area contributed by atoms with Crippen LogP contribution in [0.25, 0.3) is 5.76 Å². The molecular formula is C25H21BrN2O4. The number of carbonyl (C=O) groups is 2. The van der Waals surface area contributed by atoms with Crippen LogP contribution in [0.15, 0.2) is 71.0 Å². The fourth-order valence-corrected chi connectivity index (χ4v) is 4.44. The number of hydrogen-bond donors (Lipinski definition) is 1. The highest BCUT2D eigenvalue weighted by molar-refractivity contribution is 9.10. The zero-order valence-corrected chi connectivity index (χ0v) is 19.4. The van der Waals surface area contributed by atoms with Crippen molar-refractivity contribution in [1.29, 1.82) is 0 Å². The molecule has 1 N–H and O–H groups in total. The van der Waals surface area contributed by atoms with Gasteiger partial charge in [0.05, 0.1) is 23.2 Å². The molecule has 1 amide bonds. The van der Waals surface area contributed by atoms with Crippen molar-refractivity contribution in [2.75, 3.05) is 12.0 Å². The molecule has 162 valence electrons. The van der Waals surface area contributed by atoms with Crippen molar-refractivity contribution >= 4 is 39.1 Å². The van der Waals surface area contributed by atoms with E-state index >= 15 is 0 Å². The lowest BCUT2D eigenvalue weighted by atomic mass is 9.95. The summed E-state index contributed by atoms with van der Waals surface area (Å²) in [5, 5.41) is 11.2. The van der Waals surface area contributed by atoms with Gasteiger partial charge in [-0.3, -0.25) is 19.5 Å². The largest absolute Gasteiger partial charge is 0.507 e. The third kappa shape index (κ3) is 3.58. The number of carbonyl (C=O) groups excluding carboxylic acids is 2. The molecule has 0 spiro atoms. The summed E-state index contributed by atoms with van der Waals surface area (Å²) in [6, 6.07) is 13.3. The second-order valence-corrected chi connectivity index (χ2v) is 8.38. The molecule has 7 heteroatoms. The lowest BCUT2D eigenvalue weighted by Crippen LogP contribution is -2.30. The van der Waals surface area contributed by atoms with Crippen molar-refractivity contribution < 1.29 is 19.4 Å². The van der Waals surface area contributed by atoms with Crippen molar-refractivity contribution in [2.45, 2.75) is 19.9 Å². The smallest absolute Gasteiger partial charge is 0.300 e. The van der Waals surface area contributed by atoms with E-state index in [1.807, 2.05) is 26.0 Å². The zero-order chi connectivity index (χ0) is 23.0. The van der Waals surface area contributed by atoms with Gasteiger partial charge < -0.3 is 9.84 Å². The number of methoxy groups -OCH3 is 1. The molecule has 1 saturated heterocycles. The number of benzene rings is 2. The first-order valence-electron chi connectivity index (χ1n) is 9.96. The number of halogens is 1. The van der Waals surface area contributed by atoms with Crippen molar-refractivity contribution in [2.24, 2.45) is 0 Å². The maximum absolute atomic E-state index is 13.2. The van der Waals surface area contributed by atoms with Crippen LogP contribution < -0.4 is 9.64 Å². The maximum Gasteiger partial charge on any atom is 0.300 e. The van der Waals surface area contributed by atoms with Gasteiger partial charge in [-0.15, -0.1) is 0 Å². The number of aliphatic hydroxyl groups is 1. The van der Waals surface area contributed by atoms with E-state index in [4.69, 9.17) is 4.74 Å². The Morgan fingerprint density at radius 2 is 1.91 bits per heavy atom. The minimum absolute atomic E-state index is 0.0148. The third-order valence-electron chi connectivity index (χ3n) is 5.71. The van der Waals surface area contributed by atoms with Crippen LogP contribution in [0.3, 0.4) is 0 Å². The van der Waals surface area contributed by atoms with Crippen LogP contribution in [0.5, 0.6) is 5.75 Å². The standard InChI is InChI=1S/C25H21BrN2O4/c1-14-6-4-8-19(15(14)2)28-22(17-7-5-11-27-13-17)21(24(30)25(28)31)23(29)16-9-10-20(32-3)18(26)12-16/h4-13,22,29H,1-3H3/b23-21+. The first kappa shape index (κ1) is 21.8. The molecule has 0 aliphatic carbocycles. The number of ether oxygens (including phenoxy) is 1. The monoisotopic (exact) mass is 492 g/mol. The van der Waals surface area contributed by atoms with Crippen LogP contribution >= 0.6 is 15.9 Å². The highest BCUT2D eigenvalue weighted by atomic mass is 79.9. The van der Waals surface area contributed by atoms with E-state index in [9.17, 15) is 14.7 Å². The van der Waals surface area contributed by atoms with Gasteiger partial charge in [-0.2, -0.15) is 0 Å². The van der Waals surface area contributed by atoms with E-state index in [1.54, 1.807) is 48.8 Å². The molecule has 6 nitrogen and oxygen atoms in total. The molecule has 32 heavy (non-hydrogen) atoms. The maximum atomic E-state index is 13.2. The summed E-state index contributed by atoms with van der Waals surface area (Å²) in [5.41, 5.74) is 3.54. The summed E-state index contributed by atoms with van der Waals surface area (Å²) in [4.78, 5) is 32.1. The highest BCUT2D eigenvalue weighted by Crippen LogP contribution is 2.43. The van der Waals surface area contributed by atoms with Crippen LogP contribution in [0, 0.1) is 13.8 Å². The molecule has 2 heterocycles. The topological polar surface area (TPSA) is 79.7 Å². The number of amides is 1. The van der Waals surface area contributed by atoms with Crippen molar-refractivity contribution in [3.63, 3.8) is 0 Å². The number of ketones is 1. The third-order valence-corrected chi connectivity index (χ3v) is 6.33. The second kappa shape index (κ2) is 8.59. The van der Waals surface area contributed by atoms with Crippen LogP contribution in [-0.2, 0) is 9.59 Å².